The van der Waals surface area contributed by atoms with Crippen LogP contribution in [0.2, 0.25) is 0 Å². The molecule has 0 unspecified atom stereocenters. The Labute approximate surface area is 117 Å². The lowest BCUT2D eigenvalue weighted by Crippen LogP contribution is -2.34. The maximum Gasteiger partial charge on any atom is 0.249 e. The predicted molar refractivity (Wildman–Crippen MR) is 77.7 cm³/mol. The van der Waals surface area contributed by atoms with Crippen molar-refractivity contribution in [2.45, 2.75) is 52.4 Å². The zero-order valence-electron chi connectivity index (χ0n) is 12.5. The second kappa shape index (κ2) is 13.6. The van der Waals surface area contributed by atoms with Crippen LogP contribution in [0.5, 0.6) is 0 Å². The largest absolute Gasteiger partial charge is 0.361 e. The summed E-state index contributed by atoms with van der Waals surface area (Å²) < 4.78 is 11.0. The van der Waals surface area contributed by atoms with E-state index in [0.717, 1.165) is 25.7 Å². The molecule has 0 rings (SSSR count). The highest BCUT2D eigenvalue weighted by atomic mass is 16.5. The Kier molecular flexibility index (Phi) is 12.9. The molecule has 0 aliphatic rings. The van der Waals surface area contributed by atoms with E-state index in [4.69, 9.17) is 9.47 Å². The summed E-state index contributed by atoms with van der Waals surface area (Å²) >= 11 is 0. The van der Waals surface area contributed by atoms with Gasteiger partial charge in [-0.1, -0.05) is 46.1 Å². The Balaban J connectivity index is 3.76. The molecule has 0 aromatic heterocycles. The maximum absolute atomic E-state index is 11.6. The van der Waals surface area contributed by atoms with Crippen LogP contribution in [-0.4, -0.2) is 37.5 Å². The number of hydrogen-bond acceptors (Lipinski definition) is 3. The summed E-state index contributed by atoms with van der Waals surface area (Å²) in [7, 11) is 0. The molecule has 0 saturated carbocycles. The van der Waals surface area contributed by atoms with Gasteiger partial charge in [0.15, 0.2) is 0 Å². The van der Waals surface area contributed by atoms with Crippen molar-refractivity contribution in [1.82, 2.24) is 4.90 Å². The molecule has 0 N–H and O–H groups in total. The van der Waals surface area contributed by atoms with Gasteiger partial charge in [0, 0.05) is 13.2 Å². The van der Waals surface area contributed by atoms with Gasteiger partial charge in [0.25, 0.3) is 0 Å². The van der Waals surface area contributed by atoms with Crippen molar-refractivity contribution >= 4 is 5.91 Å². The van der Waals surface area contributed by atoms with Crippen molar-refractivity contribution in [2.75, 3.05) is 26.7 Å². The van der Waals surface area contributed by atoms with E-state index in [1.54, 1.807) is 0 Å². The van der Waals surface area contributed by atoms with E-state index in [0.29, 0.717) is 13.2 Å². The van der Waals surface area contributed by atoms with Crippen LogP contribution in [0.4, 0.5) is 0 Å². The molecule has 0 atom stereocenters. The minimum atomic E-state index is -0.147. The number of hydrogen-bond donors (Lipinski definition) is 0. The first-order chi connectivity index (χ1) is 9.26. The van der Waals surface area contributed by atoms with E-state index in [-0.39, 0.29) is 19.4 Å². The summed E-state index contributed by atoms with van der Waals surface area (Å²) in [5.41, 5.74) is 0. The average molecular weight is 271 g/mol. The SMILES string of the molecule is C=CC(=O)N(COCCCCC)COCCCCC. The summed E-state index contributed by atoms with van der Waals surface area (Å²) in [5, 5.41) is 0. The number of unbranched alkanes of at least 4 members (excludes halogenated alkanes) is 4. The predicted octanol–water partition coefficient (Wildman–Crippen LogP) is 3.33. The Morgan fingerprint density at radius 1 is 1.00 bits per heavy atom. The van der Waals surface area contributed by atoms with Crippen molar-refractivity contribution < 1.29 is 14.3 Å². The first-order valence-corrected chi connectivity index (χ1v) is 7.33. The molecule has 0 aliphatic carbocycles. The molecule has 0 heterocycles. The number of ether oxygens (including phenoxy) is 2. The third kappa shape index (κ3) is 10.7. The van der Waals surface area contributed by atoms with Crippen LogP contribution in [0.25, 0.3) is 0 Å². The topological polar surface area (TPSA) is 38.8 Å². The van der Waals surface area contributed by atoms with Crippen molar-refractivity contribution in [1.29, 1.82) is 0 Å². The van der Waals surface area contributed by atoms with Gasteiger partial charge in [-0.3, -0.25) is 9.69 Å². The fourth-order valence-corrected chi connectivity index (χ4v) is 1.55. The van der Waals surface area contributed by atoms with Crippen LogP contribution in [0.1, 0.15) is 52.4 Å². The van der Waals surface area contributed by atoms with Gasteiger partial charge >= 0.3 is 0 Å². The van der Waals surface area contributed by atoms with E-state index in [1.165, 1.54) is 23.8 Å². The summed E-state index contributed by atoms with van der Waals surface area (Å²) in [5.74, 6) is -0.147. The third-order valence-electron chi connectivity index (χ3n) is 2.76. The molecule has 4 nitrogen and oxygen atoms in total. The number of nitrogens with zero attached hydrogens (tertiary/aromatic N) is 1. The molecule has 4 heteroatoms. The van der Waals surface area contributed by atoms with E-state index in [9.17, 15) is 4.79 Å². The smallest absolute Gasteiger partial charge is 0.249 e. The highest BCUT2D eigenvalue weighted by Crippen LogP contribution is 1.99. The van der Waals surface area contributed by atoms with Gasteiger partial charge in [0.1, 0.15) is 13.5 Å². The average Bonchev–Trinajstić information content (AvgIpc) is 2.43. The molecule has 0 radical (unpaired) electrons. The van der Waals surface area contributed by atoms with Crippen LogP contribution < -0.4 is 0 Å². The van der Waals surface area contributed by atoms with Gasteiger partial charge in [-0.15, -0.1) is 0 Å². The Morgan fingerprint density at radius 2 is 1.47 bits per heavy atom. The fraction of sp³-hybridized carbons (Fsp3) is 0.800. The molecule has 19 heavy (non-hydrogen) atoms. The van der Waals surface area contributed by atoms with Gasteiger partial charge in [0.2, 0.25) is 5.91 Å². The molecule has 0 bridgehead atoms. The second-order valence-electron chi connectivity index (χ2n) is 4.57. The van der Waals surface area contributed by atoms with E-state index in [1.807, 2.05) is 0 Å². The summed E-state index contributed by atoms with van der Waals surface area (Å²) in [6.07, 6.45) is 8.00. The molecular weight excluding hydrogens is 242 g/mol. The van der Waals surface area contributed by atoms with Crippen LogP contribution in [0.3, 0.4) is 0 Å². The van der Waals surface area contributed by atoms with Gasteiger partial charge in [0.05, 0.1) is 0 Å². The fourth-order valence-electron chi connectivity index (χ4n) is 1.55. The lowest BCUT2D eigenvalue weighted by molar-refractivity contribution is -0.139. The first kappa shape index (κ1) is 18.1. The molecule has 0 saturated heterocycles. The van der Waals surface area contributed by atoms with Crippen LogP contribution in [-0.2, 0) is 14.3 Å². The third-order valence-corrected chi connectivity index (χ3v) is 2.76. The van der Waals surface area contributed by atoms with Crippen LogP contribution in [0.15, 0.2) is 12.7 Å². The Hall–Kier alpha value is -0.870. The van der Waals surface area contributed by atoms with Crippen molar-refractivity contribution in [3.8, 4) is 0 Å². The minimum absolute atomic E-state index is 0.147. The molecule has 112 valence electrons. The summed E-state index contributed by atoms with van der Waals surface area (Å²) in [4.78, 5) is 13.1. The molecule has 0 aliphatic heterocycles. The van der Waals surface area contributed by atoms with E-state index >= 15 is 0 Å². The van der Waals surface area contributed by atoms with Gasteiger partial charge in [-0.25, -0.2) is 0 Å². The molecule has 0 fully saturated rings. The quantitative estimate of drug-likeness (QED) is 0.293. The monoisotopic (exact) mass is 271 g/mol. The molecule has 0 aromatic rings. The van der Waals surface area contributed by atoms with Crippen molar-refractivity contribution in [2.24, 2.45) is 0 Å². The Morgan fingerprint density at radius 3 is 1.84 bits per heavy atom. The van der Waals surface area contributed by atoms with E-state index < -0.39 is 0 Å². The minimum Gasteiger partial charge on any atom is -0.361 e. The summed E-state index contributed by atoms with van der Waals surface area (Å²) in [6.45, 7) is 9.73. The lowest BCUT2D eigenvalue weighted by atomic mass is 10.3. The standard InChI is InChI=1S/C15H29NO3/c1-4-7-9-11-18-13-16(15(17)6-3)14-19-12-10-8-5-2/h6H,3-5,7-14H2,1-2H3. The van der Waals surface area contributed by atoms with Crippen LogP contribution >= 0.6 is 0 Å². The van der Waals surface area contributed by atoms with Crippen molar-refractivity contribution in [3.05, 3.63) is 12.7 Å². The van der Waals surface area contributed by atoms with E-state index in [2.05, 4.69) is 20.4 Å². The maximum atomic E-state index is 11.6. The number of carbonyl (C=O) groups is 1. The Bertz CT molecular complexity index is 217. The molecule has 1 amide bonds. The number of rotatable bonds is 13. The van der Waals surface area contributed by atoms with Gasteiger partial charge in [-0.2, -0.15) is 0 Å². The zero-order valence-corrected chi connectivity index (χ0v) is 12.5. The highest BCUT2D eigenvalue weighted by Gasteiger charge is 2.09. The summed E-state index contributed by atoms with van der Waals surface area (Å²) in [6, 6.07) is 0. The second-order valence-corrected chi connectivity index (χ2v) is 4.57. The van der Waals surface area contributed by atoms with Gasteiger partial charge < -0.3 is 9.47 Å². The lowest BCUT2D eigenvalue weighted by Gasteiger charge is -2.21. The van der Waals surface area contributed by atoms with Crippen LogP contribution in [0, 0.1) is 0 Å². The molecular formula is C15H29NO3. The number of amides is 1. The number of carbonyl (C=O) groups excluding carboxylic acids is 1. The van der Waals surface area contributed by atoms with Gasteiger partial charge in [-0.05, 0) is 18.9 Å². The normalized spacial score (nSPS) is 10.4. The molecule has 0 spiro atoms. The molecule has 0 aromatic carbocycles. The highest BCUT2D eigenvalue weighted by molar-refractivity contribution is 5.86. The zero-order chi connectivity index (χ0) is 14.3. The van der Waals surface area contributed by atoms with Crippen molar-refractivity contribution in [3.63, 3.8) is 0 Å². The first-order valence-electron chi connectivity index (χ1n) is 7.33.